The summed E-state index contributed by atoms with van der Waals surface area (Å²) in [5.74, 6) is 2.93. The van der Waals surface area contributed by atoms with Gasteiger partial charge in [0.05, 0.1) is 0 Å². The molecule has 3 aliphatic carbocycles. The van der Waals surface area contributed by atoms with Crippen LogP contribution in [0.25, 0.3) is 0 Å². The Bertz CT molecular complexity index is 516. The molecule has 0 spiro atoms. The molecular formula is C19H29NO2. The first kappa shape index (κ1) is 14.9. The SMILES string of the molecule is C[C@]12CCC(=O)CC1NCC[C@@H]1[C@@H]2CC[C@]2(C)C(=O)CC[C@@H]12. The fourth-order valence-corrected chi connectivity index (χ4v) is 6.60. The molecule has 1 unspecified atom stereocenters. The van der Waals surface area contributed by atoms with Crippen LogP contribution in [0, 0.1) is 28.6 Å². The van der Waals surface area contributed by atoms with Crippen LogP contribution in [0.3, 0.4) is 0 Å². The van der Waals surface area contributed by atoms with E-state index in [9.17, 15) is 9.59 Å². The predicted molar refractivity (Wildman–Crippen MR) is 85.4 cm³/mol. The lowest BCUT2D eigenvalue weighted by Crippen LogP contribution is -2.53. The smallest absolute Gasteiger partial charge is 0.139 e. The summed E-state index contributed by atoms with van der Waals surface area (Å²) >= 11 is 0. The molecule has 1 saturated heterocycles. The van der Waals surface area contributed by atoms with Crippen LogP contribution in [-0.2, 0) is 9.59 Å². The minimum absolute atomic E-state index is 0.0398. The number of ketones is 2. The Kier molecular flexibility index (Phi) is 3.31. The maximum absolute atomic E-state index is 12.4. The molecule has 3 nitrogen and oxygen atoms in total. The second-order valence-electron chi connectivity index (χ2n) is 8.84. The molecule has 6 atom stereocenters. The van der Waals surface area contributed by atoms with Gasteiger partial charge in [0.2, 0.25) is 0 Å². The average Bonchev–Trinajstić information content (AvgIpc) is 2.70. The highest BCUT2D eigenvalue weighted by Gasteiger charge is 2.59. The minimum Gasteiger partial charge on any atom is -0.313 e. The van der Waals surface area contributed by atoms with Crippen molar-refractivity contribution in [2.45, 2.75) is 71.3 Å². The molecule has 4 rings (SSSR count). The summed E-state index contributed by atoms with van der Waals surface area (Å²) in [7, 11) is 0. The van der Waals surface area contributed by atoms with Crippen molar-refractivity contribution in [2.75, 3.05) is 6.54 Å². The third-order valence-electron chi connectivity index (χ3n) is 8.03. The molecule has 0 aromatic rings. The van der Waals surface area contributed by atoms with Crippen molar-refractivity contribution in [1.82, 2.24) is 5.32 Å². The van der Waals surface area contributed by atoms with E-state index in [1.807, 2.05) is 0 Å². The van der Waals surface area contributed by atoms with Gasteiger partial charge in [0.25, 0.3) is 0 Å². The Hall–Kier alpha value is -0.700. The van der Waals surface area contributed by atoms with Gasteiger partial charge in [0.15, 0.2) is 0 Å². The standard InChI is InChI=1S/C19H29NO2/c1-18-8-5-12(21)11-16(18)20-10-7-13-14-3-4-17(22)19(14,2)9-6-15(13)18/h13-16,20H,3-11H2,1-2H3/t13-,14-,15-,16?,18+,19-/m0/s1. The lowest BCUT2D eigenvalue weighted by Gasteiger charge is -2.53. The van der Waals surface area contributed by atoms with Gasteiger partial charge in [-0.3, -0.25) is 9.59 Å². The number of carbonyl (C=O) groups excluding carboxylic acids is 2. The molecule has 22 heavy (non-hydrogen) atoms. The number of fused-ring (bicyclic) bond motifs is 5. The highest BCUT2D eigenvalue weighted by atomic mass is 16.1. The third-order valence-corrected chi connectivity index (χ3v) is 8.03. The first-order valence-corrected chi connectivity index (χ1v) is 9.23. The maximum atomic E-state index is 12.4. The van der Waals surface area contributed by atoms with Gasteiger partial charge in [-0.05, 0) is 61.8 Å². The molecule has 4 aliphatic rings. The van der Waals surface area contributed by atoms with E-state index in [2.05, 4.69) is 19.2 Å². The first-order chi connectivity index (χ1) is 10.4. The van der Waals surface area contributed by atoms with Gasteiger partial charge in [-0.2, -0.15) is 0 Å². The van der Waals surface area contributed by atoms with Gasteiger partial charge in [-0.25, -0.2) is 0 Å². The molecule has 0 radical (unpaired) electrons. The molecule has 0 bridgehead atoms. The van der Waals surface area contributed by atoms with Gasteiger partial charge < -0.3 is 5.32 Å². The Morgan fingerprint density at radius 3 is 2.64 bits per heavy atom. The van der Waals surface area contributed by atoms with E-state index in [-0.39, 0.29) is 10.8 Å². The average molecular weight is 303 g/mol. The van der Waals surface area contributed by atoms with Crippen LogP contribution >= 0.6 is 0 Å². The molecular weight excluding hydrogens is 274 g/mol. The Morgan fingerprint density at radius 2 is 1.82 bits per heavy atom. The quantitative estimate of drug-likeness (QED) is 0.748. The van der Waals surface area contributed by atoms with E-state index in [0.717, 1.165) is 45.1 Å². The zero-order chi connectivity index (χ0) is 15.5. The van der Waals surface area contributed by atoms with Crippen LogP contribution in [0.5, 0.6) is 0 Å². The van der Waals surface area contributed by atoms with Crippen molar-refractivity contribution < 1.29 is 9.59 Å². The van der Waals surface area contributed by atoms with E-state index >= 15 is 0 Å². The van der Waals surface area contributed by atoms with E-state index in [0.29, 0.717) is 35.4 Å². The summed E-state index contributed by atoms with van der Waals surface area (Å²) in [6.45, 7) is 5.70. The Balaban J connectivity index is 1.68. The molecule has 0 aromatic heterocycles. The Labute approximate surface area is 133 Å². The Morgan fingerprint density at radius 1 is 1.00 bits per heavy atom. The fraction of sp³-hybridized carbons (Fsp3) is 0.895. The zero-order valence-corrected chi connectivity index (χ0v) is 14.0. The second kappa shape index (κ2) is 4.90. The van der Waals surface area contributed by atoms with Gasteiger partial charge in [0.1, 0.15) is 11.6 Å². The largest absolute Gasteiger partial charge is 0.313 e. The van der Waals surface area contributed by atoms with E-state index in [1.54, 1.807) is 0 Å². The highest BCUT2D eigenvalue weighted by Crippen LogP contribution is 2.61. The number of hydrogen-bond donors (Lipinski definition) is 1. The van der Waals surface area contributed by atoms with Gasteiger partial charge >= 0.3 is 0 Å². The molecule has 1 aliphatic heterocycles. The maximum Gasteiger partial charge on any atom is 0.139 e. The van der Waals surface area contributed by atoms with Crippen molar-refractivity contribution in [3.63, 3.8) is 0 Å². The normalized spacial score (nSPS) is 51.7. The van der Waals surface area contributed by atoms with Crippen LogP contribution in [0.1, 0.15) is 65.2 Å². The molecule has 3 saturated carbocycles. The summed E-state index contributed by atoms with van der Waals surface area (Å²) in [4.78, 5) is 24.4. The summed E-state index contributed by atoms with van der Waals surface area (Å²) in [6.07, 6.45) is 7.90. The van der Waals surface area contributed by atoms with Gasteiger partial charge in [-0.1, -0.05) is 13.8 Å². The van der Waals surface area contributed by atoms with Crippen LogP contribution in [0.4, 0.5) is 0 Å². The first-order valence-electron chi connectivity index (χ1n) is 9.23. The number of nitrogens with one attached hydrogen (secondary N) is 1. The third kappa shape index (κ3) is 1.90. The molecule has 1 N–H and O–H groups in total. The van der Waals surface area contributed by atoms with Crippen molar-refractivity contribution in [1.29, 1.82) is 0 Å². The molecule has 1 heterocycles. The van der Waals surface area contributed by atoms with E-state index in [4.69, 9.17) is 0 Å². The number of carbonyl (C=O) groups is 2. The molecule has 3 heteroatoms. The molecule has 122 valence electrons. The monoisotopic (exact) mass is 303 g/mol. The van der Waals surface area contributed by atoms with Crippen LogP contribution in [-0.4, -0.2) is 24.2 Å². The summed E-state index contributed by atoms with van der Waals surface area (Å²) in [5.41, 5.74) is 0.212. The summed E-state index contributed by atoms with van der Waals surface area (Å²) in [6, 6.07) is 0.366. The lowest BCUT2D eigenvalue weighted by atomic mass is 9.51. The zero-order valence-electron chi connectivity index (χ0n) is 14.0. The molecule has 0 amide bonds. The van der Waals surface area contributed by atoms with Crippen LogP contribution in [0.2, 0.25) is 0 Å². The second-order valence-corrected chi connectivity index (χ2v) is 8.84. The van der Waals surface area contributed by atoms with E-state index in [1.165, 1.54) is 12.8 Å². The van der Waals surface area contributed by atoms with Crippen LogP contribution in [0.15, 0.2) is 0 Å². The predicted octanol–water partition coefficient (Wildman–Crippen LogP) is 3.12. The topological polar surface area (TPSA) is 46.2 Å². The lowest BCUT2D eigenvalue weighted by molar-refractivity contribution is -0.133. The fourth-order valence-electron chi connectivity index (χ4n) is 6.60. The highest BCUT2D eigenvalue weighted by molar-refractivity contribution is 5.87. The number of Topliss-reactive ketones (excluding diaryl/α,β-unsaturated/α-hetero) is 2. The van der Waals surface area contributed by atoms with Crippen LogP contribution < -0.4 is 5.32 Å². The van der Waals surface area contributed by atoms with Gasteiger partial charge in [-0.15, -0.1) is 0 Å². The van der Waals surface area contributed by atoms with Gasteiger partial charge in [0, 0.05) is 30.7 Å². The van der Waals surface area contributed by atoms with Crippen molar-refractivity contribution in [2.24, 2.45) is 28.6 Å². The number of hydrogen-bond acceptors (Lipinski definition) is 3. The van der Waals surface area contributed by atoms with Crippen molar-refractivity contribution in [3.05, 3.63) is 0 Å². The summed E-state index contributed by atoms with van der Waals surface area (Å²) < 4.78 is 0. The molecule has 0 aromatic carbocycles. The van der Waals surface area contributed by atoms with Crippen molar-refractivity contribution >= 4 is 11.6 Å². The van der Waals surface area contributed by atoms with E-state index < -0.39 is 0 Å². The number of rotatable bonds is 0. The summed E-state index contributed by atoms with van der Waals surface area (Å²) in [5, 5.41) is 3.71. The minimum atomic E-state index is -0.0398. The van der Waals surface area contributed by atoms with Crippen molar-refractivity contribution in [3.8, 4) is 0 Å². The molecule has 4 fully saturated rings.